The average molecular weight is 264 g/mol. The molecule has 19 heavy (non-hydrogen) atoms. The zero-order valence-electron chi connectivity index (χ0n) is 11.9. The van der Waals surface area contributed by atoms with Crippen molar-refractivity contribution in [3.05, 3.63) is 11.8 Å². The van der Waals surface area contributed by atoms with E-state index >= 15 is 0 Å². The highest BCUT2D eigenvalue weighted by Gasteiger charge is 2.32. The summed E-state index contributed by atoms with van der Waals surface area (Å²) in [4.78, 5) is 8.76. The van der Waals surface area contributed by atoms with E-state index in [0.29, 0.717) is 5.95 Å². The third-order valence-corrected chi connectivity index (χ3v) is 3.83. The van der Waals surface area contributed by atoms with Gasteiger partial charge in [0.25, 0.3) is 0 Å². The largest absolute Gasteiger partial charge is 0.396 e. The third-order valence-electron chi connectivity index (χ3n) is 3.83. The van der Waals surface area contributed by atoms with Crippen LogP contribution in [0.1, 0.15) is 38.3 Å². The van der Waals surface area contributed by atoms with Crippen molar-refractivity contribution in [3.8, 4) is 0 Å². The van der Waals surface area contributed by atoms with Gasteiger partial charge in [0.15, 0.2) is 0 Å². The van der Waals surface area contributed by atoms with Crippen LogP contribution in [-0.4, -0.2) is 34.8 Å². The fourth-order valence-corrected chi connectivity index (χ4v) is 2.69. The van der Waals surface area contributed by atoms with Gasteiger partial charge in [-0.25, -0.2) is 4.98 Å². The maximum Gasteiger partial charge on any atom is 0.224 e. The number of hydrogen-bond acceptors (Lipinski definition) is 5. The standard InChI is InChI=1S/C14H24N4O/c1-3-15-13-17-11(2)8-12(18-13)16-9-14(10-19)6-4-5-7-14/h8,19H,3-7,9-10H2,1-2H3,(H2,15,16,17,18). The molecule has 0 unspecified atom stereocenters. The average Bonchev–Trinajstić information content (AvgIpc) is 2.86. The van der Waals surface area contributed by atoms with Gasteiger partial charge in [-0.05, 0) is 26.7 Å². The van der Waals surface area contributed by atoms with Gasteiger partial charge in [0.2, 0.25) is 5.95 Å². The molecular weight excluding hydrogens is 240 g/mol. The van der Waals surface area contributed by atoms with Crippen molar-refractivity contribution in [1.29, 1.82) is 0 Å². The molecule has 2 rings (SSSR count). The Morgan fingerprint density at radius 3 is 2.63 bits per heavy atom. The minimum atomic E-state index is 0.0389. The lowest BCUT2D eigenvalue weighted by Gasteiger charge is -2.27. The molecule has 1 aliphatic rings. The van der Waals surface area contributed by atoms with Crippen LogP contribution in [-0.2, 0) is 0 Å². The molecule has 5 nitrogen and oxygen atoms in total. The van der Waals surface area contributed by atoms with Crippen molar-refractivity contribution in [2.24, 2.45) is 5.41 Å². The predicted molar refractivity (Wildman–Crippen MR) is 77.4 cm³/mol. The molecule has 0 atom stereocenters. The van der Waals surface area contributed by atoms with Gasteiger partial charge in [0.05, 0.1) is 6.61 Å². The second-order valence-electron chi connectivity index (χ2n) is 5.47. The molecule has 0 aliphatic heterocycles. The summed E-state index contributed by atoms with van der Waals surface area (Å²) in [5.74, 6) is 1.50. The summed E-state index contributed by atoms with van der Waals surface area (Å²) in [6, 6.07) is 1.95. The molecule has 0 aromatic carbocycles. The summed E-state index contributed by atoms with van der Waals surface area (Å²) in [5.41, 5.74) is 0.981. The van der Waals surface area contributed by atoms with Crippen molar-refractivity contribution < 1.29 is 5.11 Å². The van der Waals surface area contributed by atoms with Crippen LogP contribution < -0.4 is 10.6 Å². The van der Waals surface area contributed by atoms with E-state index in [9.17, 15) is 5.11 Å². The highest BCUT2D eigenvalue weighted by Crippen LogP contribution is 2.37. The first-order valence-electron chi connectivity index (χ1n) is 7.12. The minimum absolute atomic E-state index is 0.0389. The number of aromatic nitrogens is 2. The lowest BCUT2D eigenvalue weighted by atomic mass is 9.87. The Kier molecular flexibility index (Phi) is 4.58. The van der Waals surface area contributed by atoms with Crippen molar-refractivity contribution in [2.45, 2.75) is 39.5 Å². The summed E-state index contributed by atoms with van der Waals surface area (Å²) in [6.07, 6.45) is 4.63. The summed E-state index contributed by atoms with van der Waals surface area (Å²) in [7, 11) is 0. The van der Waals surface area contributed by atoms with Crippen LogP contribution in [0.2, 0.25) is 0 Å². The molecule has 1 aromatic rings. The fraction of sp³-hybridized carbons (Fsp3) is 0.714. The summed E-state index contributed by atoms with van der Waals surface area (Å²) in [6.45, 7) is 5.84. The van der Waals surface area contributed by atoms with Crippen LogP contribution in [0, 0.1) is 12.3 Å². The lowest BCUT2D eigenvalue weighted by molar-refractivity contribution is 0.142. The first-order chi connectivity index (χ1) is 9.17. The maximum absolute atomic E-state index is 9.60. The van der Waals surface area contributed by atoms with Gasteiger partial charge < -0.3 is 15.7 Å². The molecule has 1 aromatic heterocycles. The first-order valence-corrected chi connectivity index (χ1v) is 7.12. The number of nitrogens with zero attached hydrogens (tertiary/aromatic N) is 2. The van der Waals surface area contributed by atoms with Crippen LogP contribution >= 0.6 is 0 Å². The van der Waals surface area contributed by atoms with Crippen LogP contribution in [0.3, 0.4) is 0 Å². The van der Waals surface area contributed by atoms with Crippen molar-refractivity contribution >= 4 is 11.8 Å². The molecule has 1 heterocycles. The molecule has 0 amide bonds. The Balaban J connectivity index is 2.02. The Hall–Kier alpha value is -1.36. The van der Waals surface area contributed by atoms with Gasteiger partial charge in [-0.1, -0.05) is 12.8 Å². The molecule has 1 aliphatic carbocycles. The number of aryl methyl sites for hydroxylation is 1. The SMILES string of the molecule is CCNc1nc(C)cc(NCC2(CO)CCCC2)n1. The van der Waals surface area contributed by atoms with Crippen LogP contribution in [0.25, 0.3) is 0 Å². The number of anilines is 2. The van der Waals surface area contributed by atoms with E-state index in [0.717, 1.165) is 37.4 Å². The van der Waals surface area contributed by atoms with Gasteiger partial charge >= 0.3 is 0 Å². The monoisotopic (exact) mass is 264 g/mol. The molecule has 3 N–H and O–H groups in total. The van der Waals surface area contributed by atoms with Crippen molar-refractivity contribution in [2.75, 3.05) is 30.3 Å². The van der Waals surface area contributed by atoms with Crippen molar-refractivity contribution in [3.63, 3.8) is 0 Å². The molecule has 0 radical (unpaired) electrons. The van der Waals surface area contributed by atoms with E-state index in [1.54, 1.807) is 0 Å². The quantitative estimate of drug-likeness (QED) is 0.734. The number of nitrogens with one attached hydrogen (secondary N) is 2. The number of hydrogen-bond donors (Lipinski definition) is 3. The summed E-state index contributed by atoms with van der Waals surface area (Å²) < 4.78 is 0. The molecule has 0 spiro atoms. The van der Waals surface area contributed by atoms with E-state index in [2.05, 4.69) is 20.6 Å². The van der Waals surface area contributed by atoms with Gasteiger partial charge in [-0.15, -0.1) is 0 Å². The molecular formula is C14H24N4O. The summed E-state index contributed by atoms with van der Waals surface area (Å²) >= 11 is 0. The topological polar surface area (TPSA) is 70.1 Å². The van der Waals surface area contributed by atoms with Gasteiger partial charge in [0, 0.05) is 30.3 Å². The summed E-state index contributed by atoms with van der Waals surface area (Å²) in [5, 5.41) is 16.1. The van der Waals surface area contributed by atoms with Gasteiger partial charge in [0.1, 0.15) is 5.82 Å². The zero-order chi connectivity index (χ0) is 13.7. The van der Waals surface area contributed by atoms with E-state index in [1.165, 1.54) is 12.8 Å². The number of rotatable bonds is 6. The third kappa shape index (κ3) is 3.56. The lowest BCUT2D eigenvalue weighted by Crippen LogP contribution is -2.30. The second kappa shape index (κ2) is 6.19. The molecule has 0 saturated heterocycles. The predicted octanol–water partition coefficient (Wildman–Crippen LogP) is 2.18. The van der Waals surface area contributed by atoms with Gasteiger partial charge in [-0.3, -0.25) is 0 Å². The minimum Gasteiger partial charge on any atom is -0.396 e. The van der Waals surface area contributed by atoms with E-state index in [-0.39, 0.29) is 12.0 Å². The van der Waals surface area contributed by atoms with E-state index in [4.69, 9.17) is 0 Å². The normalized spacial score (nSPS) is 17.4. The smallest absolute Gasteiger partial charge is 0.224 e. The van der Waals surface area contributed by atoms with Gasteiger partial charge in [-0.2, -0.15) is 4.98 Å². The maximum atomic E-state index is 9.60. The first kappa shape index (κ1) is 14.1. The van der Waals surface area contributed by atoms with Crippen LogP contribution in [0.5, 0.6) is 0 Å². The van der Waals surface area contributed by atoms with Crippen molar-refractivity contribution in [1.82, 2.24) is 9.97 Å². The highest BCUT2D eigenvalue weighted by molar-refractivity contribution is 5.42. The Labute approximate surface area is 114 Å². The fourth-order valence-electron chi connectivity index (χ4n) is 2.69. The molecule has 5 heteroatoms. The number of aliphatic hydroxyl groups is 1. The molecule has 1 saturated carbocycles. The van der Waals surface area contributed by atoms with Crippen LogP contribution in [0.4, 0.5) is 11.8 Å². The Morgan fingerprint density at radius 1 is 1.26 bits per heavy atom. The molecule has 0 bridgehead atoms. The highest BCUT2D eigenvalue weighted by atomic mass is 16.3. The Bertz CT molecular complexity index is 416. The molecule has 1 fully saturated rings. The van der Waals surface area contributed by atoms with E-state index in [1.807, 2.05) is 19.9 Å². The molecule has 106 valence electrons. The Morgan fingerprint density at radius 2 is 2.00 bits per heavy atom. The van der Waals surface area contributed by atoms with E-state index < -0.39 is 0 Å². The van der Waals surface area contributed by atoms with Crippen LogP contribution in [0.15, 0.2) is 6.07 Å². The second-order valence-corrected chi connectivity index (χ2v) is 5.47. The number of aliphatic hydroxyl groups excluding tert-OH is 1. The zero-order valence-corrected chi connectivity index (χ0v) is 11.9.